The minimum Gasteiger partial charge on any atom is -0.497 e. The summed E-state index contributed by atoms with van der Waals surface area (Å²) in [5, 5.41) is 2.88. The molecule has 0 saturated heterocycles. The number of unbranched alkanes of at least 4 members (excludes halogenated alkanes) is 1. The lowest BCUT2D eigenvalue weighted by atomic mass is 10.1. The maximum atomic E-state index is 13.8. The Morgan fingerprint density at radius 1 is 0.947 bits per heavy atom. The number of para-hydroxylation sites is 1. The Morgan fingerprint density at radius 2 is 1.61 bits per heavy atom. The number of hydrogen-bond donors (Lipinski definition) is 1. The van der Waals surface area contributed by atoms with Crippen LogP contribution in [0.2, 0.25) is 0 Å². The van der Waals surface area contributed by atoms with Gasteiger partial charge in [-0.3, -0.25) is 13.9 Å². The monoisotopic (exact) mass is 537 g/mol. The van der Waals surface area contributed by atoms with Gasteiger partial charge in [0.1, 0.15) is 18.3 Å². The van der Waals surface area contributed by atoms with Crippen LogP contribution >= 0.6 is 0 Å². The van der Waals surface area contributed by atoms with Crippen molar-refractivity contribution in [3.05, 3.63) is 90.5 Å². The Hall–Kier alpha value is -3.85. The molecule has 3 rings (SSSR count). The van der Waals surface area contributed by atoms with E-state index < -0.39 is 28.5 Å². The third kappa shape index (κ3) is 7.35. The third-order valence-electron chi connectivity index (χ3n) is 6.14. The Kier molecular flexibility index (Phi) is 10.3. The summed E-state index contributed by atoms with van der Waals surface area (Å²) in [6, 6.07) is 22.9. The maximum Gasteiger partial charge on any atom is 0.264 e. The highest BCUT2D eigenvalue weighted by Crippen LogP contribution is 2.24. The number of methoxy groups -OCH3 is 1. The molecule has 202 valence electrons. The van der Waals surface area contributed by atoms with Crippen molar-refractivity contribution < 1.29 is 22.7 Å². The van der Waals surface area contributed by atoms with E-state index in [2.05, 4.69) is 5.32 Å². The molecule has 0 aliphatic rings. The van der Waals surface area contributed by atoms with E-state index in [0.29, 0.717) is 18.0 Å². The number of amides is 2. The van der Waals surface area contributed by atoms with Crippen LogP contribution in [0.3, 0.4) is 0 Å². The van der Waals surface area contributed by atoms with Gasteiger partial charge in [0.15, 0.2) is 0 Å². The van der Waals surface area contributed by atoms with E-state index in [1.165, 1.54) is 17.0 Å². The van der Waals surface area contributed by atoms with Gasteiger partial charge >= 0.3 is 0 Å². The Balaban J connectivity index is 1.97. The molecule has 3 aromatic rings. The van der Waals surface area contributed by atoms with E-state index in [1.807, 2.05) is 13.0 Å². The van der Waals surface area contributed by atoms with Crippen molar-refractivity contribution in [1.82, 2.24) is 10.2 Å². The first kappa shape index (κ1) is 28.7. The number of carbonyl (C=O) groups excluding carboxylic acids is 2. The second-order valence-corrected chi connectivity index (χ2v) is 10.7. The summed E-state index contributed by atoms with van der Waals surface area (Å²) in [5.41, 5.74) is 1.11. The van der Waals surface area contributed by atoms with Crippen LogP contribution in [0.15, 0.2) is 89.8 Å². The second kappa shape index (κ2) is 13.6. The lowest BCUT2D eigenvalue weighted by Gasteiger charge is -2.32. The summed E-state index contributed by atoms with van der Waals surface area (Å²) in [5.74, 6) is -0.186. The molecular weight excluding hydrogens is 502 g/mol. The highest BCUT2D eigenvalue weighted by Gasteiger charge is 2.32. The first-order valence-corrected chi connectivity index (χ1v) is 14.0. The number of nitrogens with one attached hydrogen (secondary N) is 1. The molecule has 38 heavy (non-hydrogen) atoms. The molecule has 0 radical (unpaired) electrons. The topological polar surface area (TPSA) is 96.0 Å². The van der Waals surface area contributed by atoms with Crippen molar-refractivity contribution in [3.63, 3.8) is 0 Å². The number of hydrogen-bond acceptors (Lipinski definition) is 5. The van der Waals surface area contributed by atoms with Gasteiger partial charge in [-0.1, -0.05) is 61.9 Å². The lowest BCUT2D eigenvalue weighted by molar-refractivity contribution is -0.139. The summed E-state index contributed by atoms with van der Waals surface area (Å²) < 4.78 is 33.7. The molecule has 0 heterocycles. The standard InChI is InChI=1S/C29H35N3O5S/c1-4-5-19-30-29(34)23(2)31(21-24-13-12-16-26(20-24)37-3)28(33)22-32(25-14-8-6-9-15-25)38(35,36)27-17-10-7-11-18-27/h6-18,20,23H,4-5,19,21-22H2,1-3H3,(H,30,34). The van der Waals surface area contributed by atoms with Crippen molar-refractivity contribution in [3.8, 4) is 5.75 Å². The smallest absolute Gasteiger partial charge is 0.264 e. The largest absolute Gasteiger partial charge is 0.497 e. The van der Waals surface area contributed by atoms with Gasteiger partial charge in [0, 0.05) is 13.1 Å². The molecule has 2 amide bonds. The molecule has 0 aliphatic carbocycles. The van der Waals surface area contributed by atoms with Gasteiger partial charge in [-0.25, -0.2) is 8.42 Å². The van der Waals surface area contributed by atoms with Crippen molar-refractivity contribution >= 4 is 27.5 Å². The summed E-state index contributed by atoms with van der Waals surface area (Å²) in [6.45, 7) is 3.81. The molecular formula is C29H35N3O5S. The van der Waals surface area contributed by atoms with Gasteiger partial charge in [-0.05, 0) is 55.3 Å². The number of nitrogens with zero attached hydrogens (tertiary/aromatic N) is 2. The van der Waals surface area contributed by atoms with Crippen LogP contribution in [0.5, 0.6) is 5.75 Å². The number of ether oxygens (including phenoxy) is 1. The van der Waals surface area contributed by atoms with Crippen molar-refractivity contribution in [1.29, 1.82) is 0 Å². The van der Waals surface area contributed by atoms with Crippen molar-refractivity contribution in [2.24, 2.45) is 0 Å². The quantitative estimate of drug-likeness (QED) is 0.329. The Morgan fingerprint density at radius 3 is 2.24 bits per heavy atom. The van der Waals surface area contributed by atoms with Gasteiger partial charge in [0.05, 0.1) is 17.7 Å². The molecule has 3 aromatic carbocycles. The minimum absolute atomic E-state index is 0.0707. The summed E-state index contributed by atoms with van der Waals surface area (Å²) >= 11 is 0. The molecule has 1 N–H and O–H groups in total. The zero-order valence-electron chi connectivity index (χ0n) is 22.0. The highest BCUT2D eigenvalue weighted by molar-refractivity contribution is 7.92. The molecule has 1 atom stereocenters. The number of sulfonamides is 1. The average molecular weight is 538 g/mol. The van der Waals surface area contributed by atoms with E-state index in [0.717, 1.165) is 22.7 Å². The SMILES string of the molecule is CCCCNC(=O)C(C)N(Cc1cccc(OC)c1)C(=O)CN(c1ccccc1)S(=O)(=O)c1ccccc1. The van der Waals surface area contributed by atoms with Gasteiger partial charge in [-0.15, -0.1) is 0 Å². The molecule has 0 aliphatic heterocycles. The third-order valence-corrected chi connectivity index (χ3v) is 7.93. The van der Waals surface area contributed by atoms with E-state index >= 15 is 0 Å². The van der Waals surface area contributed by atoms with Gasteiger partial charge in [0.25, 0.3) is 10.0 Å². The highest BCUT2D eigenvalue weighted by atomic mass is 32.2. The minimum atomic E-state index is -4.06. The summed E-state index contributed by atoms with van der Waals surface area (Å²) in [6.07, 6.45) is 1.74. The Labute approximate surface area is 225 Å². The number of rotatable bonds is 13. The van der Waals surface area contributed by atoms with Crippen molar-refractivity contribution in [2.75, 3.05) is 24.5 Å². The van der Waals surface area contributed by atoms with Crippen LogP contribution in [-0.4, -0.2) is 51.4 Å². The predicted molar refractivity (Wildman–Crippen MR) is 148 cm³/mol. The lowest BCUT2D eigenvalue weighted by Crippen LogP contribution is -2.51. The van der Waals surface area contributed by atoms with E-state index in [9.17, 15) is 18.0 Å². The van der Waals surface area contributed by atoms with Crippen molar-refractivity contribution in [2.45, 2.75) is 44.2 Å². The fourth-order valence-corrected chi connectivity index (χ4v) is 5.36. The fraction of sp³-hybridized carbons (Fsp3) is 0.310. The van der Waals surface area contributed by atoms with Gasteiger partial charge in [-0.2, -0.15) is 0 Å². The molecule has 0 spiro atoms. The fourth-order valence-electron chi connectivity index (χ4n) is 3.93. The van der Waals surface area contributed by atoms with Gasteiger partial charge in [0.2, 0.25) is 11.8 Å². The molecule has 0 aromatic heterocycles. The molecule has 8 nitrogen and oxygen atoms in total. The maximum absolute atomic E-state index is 13.8. The van der Waals surface area contributed by atoms with Crippen LogP contribution in [0.25, 0.3) is 0 Å². The summed E-state index contributed by atoms with van der Waals surface area (Å²) in [7, 11) is -2.51. The normalized spacial score (nSPS) is 11.9. The molecule has 0 saturated carbocycles. The molecule has 9 heteroatoms. The van der Waals surface area contributed by atoms with Crippen LogP contribution in [0.1, 0.15) is 32.3 Å². The van der Waals surface area contributed by atoms with Gasteiger partial charge < -0.3 is 15.0 Å². The molecule has 0 fully saturated rings. The second-order valence-electron chi connectivity index (χ2n) is 8.85. The molecule has 1 unspecified atom stereocenters. The van der Waals surface area contributed by atoms with Crippen LogP contribution in [-0.2, 0) is 26.2 Å². The van der Waals surface area contributed by atoms with Crippen LogP contribution in [0, 0.1) is 0 Å². The zero-order valence-corrected chi connectivity index (χ0v) is 22.9. The number of benzene rings is 3. The molecule has 0 bridgehead atoms. The van der Waals surface area contributed by atoms with E-state index in [1.54, 1.807) is 80.8 Å². The number of anilines is 1. The zero-order chi connectivity index (χ0) is 27.5. The predicted octanol–water partition coefficient (Wildman–Crippen LogP) is 4.22. The summed E-state index contributed by atoms with van der Waals surface area (Å²) in [4.78, 5) is 28.3. The average Bonchev–Trinajstić information content (AvgIpc) is 2.95. The first-order valence-electron chi connectivity index (χ1n) is 12.6. The van der Waals surface area contributed by atoms with Crippen LogP contribution in [0.4, 0.5) is 5.69 Å². The van der Waals surface area contributed by atoms with E-state index in [-0.39, 0.29) is 17.3 Å². The van der Waals surface area contributed by atoms with Crippen LogP contribution < -0.4 is 14.4 Å². The Bertz CT molecular complexity index is 1300. The number of carbonyl (C=O) groups is 2. The van der Waals surface area contributed by atoms with E-state index in [4.69, 9.17) is 4.74 Å². The first-order chi connectivity index (χ1) is 18.3.